The Morgan fingerprint density at radius 2 is 1.75 bits per heavy atom. The van der Waals surface area contributed by atoms with E-state index in [2.05, 4.69) is 18.9 Å². The van der Waals surface area contributed by atoms with Crippen LogP contribution in [-0.4, -0.2) is 24.5 Å². The lowest BCUT2D eigenvalue weighted by atomic mass is 9.73. The van der Waals surface area contributed by atoms with Crippen LogP contribution in [0.1, 0.15) is 39.0 Å². The Labute approximate surface area is 76.1 Å². The highest BCUT2D eigenvalue weighted by Gasteiger charge is 2.32. The highest BCUT2D eigenvalue weighted by atomic mass is 15.1. The van der Waals surface area contributed by atoms with Gasteiger partial charge in [0, 0.05) is 12.6 Å². The standard InChI is InChI=1S/C11H21N/c1-9-7-10-5-3-4-6-11(10)8-12(9)2/h9-11H,3-8H2,1-2H3. The number of hydrogen-bond acceptors (Lipinski definition) is 1. The van der Waals surface area contributed by atoms with Gasteiger partial charge in [0.1, 0.15) is 0 Å². The maximum Gasteiger partial charge on any atom is 0.00667 e. The van der Waals surface area contributed by atoms with E-state index in [9.17, 15) is 0 Å². The van der Waals surface area contributed by atoms with Crippen molar-refractivity contribution in [2.75, 3.05) is 13.6 Å². The van der Waals surface area contributed by atoms with Gasteiger partial charge in [0.15, 0.2) is 0 Å². The molecule has 0 spiro atoms. The van der Waals surface area contributed by atoms with Crippen LogP contribution in [-0.2, 0) is 0 Å². The van der Waals surface area contributed by atoms with Crippen LogP contribution in [0.2, 0.25) is 0 Å². The summed E-state index contributed by atoms with van der Waals surface area (Å²) < 4.78 is 0. The zero-order valence-corrected chi connectivity index (χ0v) is 8.42. The molecule has 3 unspecified atom stereocenters. The Balaban J connectivity index is 1.98. The molecule has 1 heterocycles. The van der Waals surface area contributed by atoms with Crippen LogP contribution >= 0.6 is 0 Å². The van der Waals surface area contributed by atoms with Crippen molar-refractivity contribution in [3.63, 3.8) is 0 Å². The van der Waals surface area contributed by atoms with Gasteiger partial charge in [0.2, 0.25) is 0 Å². The molecule has 1 saturated carbocycles. The molecule has 1 aliphatic heterocycles. The summed E-state index contributed by atoms with van der Waals surface area (Å²) in [5.74, 6) is 2.12. The number of likely N-dealkylation sites (tertiary alicyclic amines) is 1. The van der Waals surface area contributed by atoms with E-state index < -0.39 is 0 Å². The van der Waals surface area contributed by atoms with E-state index in [0.717, 1.165) is 17.9 Å². The first-order valence-corrected chi connectivity index (χ1v) is 5.47. The highest BCUT2D eigenvalue weighted by molar-refractivity contribution is 4.85. The van der Waals surface area contributed by atoms with Gasteiger partial charge >= 0.3 is 0 Å². The van der Waals surface area contributed by atoms with E-state index in [-0.39, 0.29) is 0 Å². The first-order chi connectivity index (χ1) is 5.77. The van der Waals surface area contributed by atoms with E-state index >= 15 is 0 Å². The second-order valence-electron chi connectivity index (χ2n) is 4.83. The molecule has 0 aromatic carbocycles. The van der Waals surface area contributed by atoms with Crippen molar-refractivity contribution in [2.24, 2.45) is 11.8 Å². The van der Waals surface area contributed by atoms with E-state index in [1.165, 1.54) is 38.6 Å². The largest absolute Gasteiger partial charge is 0.303 e. The smallest absolute Gasteiger partial charge is 0.00667 e. The minimum atomic E-state index is 0.837. The summed E-state index contributed by atoms with van der Waals surface area (Å²) >= 11 is 0. The summed E-state index contributed by atoms with van der Waals surface area (Å²) in [6.45, 7) is 3.75. The SMILES string of the molecule is CC1CC2CCCCC2CN1C. The Morgan fingerprint density at radius 3 is 2.50 bits per heavy atom. The molecule has 12 heavy (non-hydrogen) atoms. The van der Waals surface area contributed by atoms with Crippen LogP contribution in [0.25, 0.3) is 0 Å². The lowest BCUT2D eigenvalue weighted by Gasteiger charge is -2.43. The van der Waals surface area contributed by atoms with Crippen LogP contribution in [0.15, 0.2) is 0 Å². The lowest BCUT2D eigenvalue weighted by molar-refractivity contribution is 0.0650. The molecule has 0 aromatic rings. The fourth-order valence-electron chi connectivity index (χ4n) is 3.00. The van der Waals surface area contributed by atoms with Crippen molar-refractivity contribution in [2.45, 2.75) is 45.1 Å². The summed E-state index contributed by atoms with van der Waals surface area (Å²) in [7, 11) is 2.29. The summed E-state index contributed by atoms with van der Waals surface area (Å²) in [5, 5.41) is 0. The average molecular weight is 167 g/mol. The molecule has 3 atom stereocenters. The third kappa shape index (κ3) is 1.52. The predicted molar refractivity (Wildman–Crippen MR) is 52.2 cm³/mol. The molecule has 0 bridgehead atoms. The van der Waals surface area contributed by atoms with Gasteiger partial charge in [0.25, 0.3) is 0 Å². The lowest BCUT2D eigenvalue weighted by Crippen LogP contribution is -2.44. The predicted octanol–water partition coefficient (Wildman–Crippen LogP) is 2.52. The Morgan fingerprint density at radius 1 is 1.08 bits per heavy atom. The molecule has 1 nitrogen and oxygen atoms in total. The average Bonchev–Trinajstić information content (AvgIpc) is 2.07. The summed E-state index contributed by atoms with van der Waals surface area (Å²) in [4.78, 5) is 2.55. The molecular formula is C11H21N. The fraction of sp³-hybridized carbons (Fsp3) is 1.00. The molecule has 0 aromatic heterocycles. The number of nitrogens with zero attached hydrogens (tertiary/aromatic N) is 1. The van der Waals surface area contributed by atoms with Gasteiger partial charge < -0.3 is 4.90 Å². The van der Waals surface area contributed by atoms with Gasteiger partial charge in [-0.15, -0.1) is 0 Å². The molecule has 0 amide bonds. The summed E-state index contributed by atoms with van der Waals surface area (Å²) in [6, 6.07) is 0.837. The fourth-order valence-corrected chi connectivity index (χ4v) is 3.00. The Bertz CT molecular complexity index is 137. The summed E-state index contributed by atoms with van der Waals surface area (Å²) in [6.07, 6.45) is 7.47. The molecule has 1 aliphatic carbocycles. The molecule has 70 valence electrons. The van der Waals surface area contributed by atoms with Crippen molar-refractivity contribution in [3.05, 3.63) is 0 Å². The summed E-state index contributed by atoms with van der Waals surface area (Å²) in [5.41, 5.74) is 0. The quantitative estimate of drug-likeness (QED) is 0.536. The molecular weight excluding hydrogens is 146 g/mol. The molecule has 2 fully saturated rings. The topological polar surface area (TPSA) is 3.24 Å². The molecule has 1 saturated heterocycles. The van der Waals surface area contributed by atoms with Gasteiger partial charge in [-0.05, 0) is 38.6 Å². The van der Waals surface area contributed by atoms with Crippen LogP contribution in [0, 0.1) is 11.8 Å². The van der Waals surface area contributed by atoms with Gasteiger partial charge in [-0.2, -0.15) is 0 Å². The molecule has 0 N–H and O–H groups in total. The molecule has 0 radical (unpaired) electrons. The van der Waals surface area contributed by atoms with Crippen molar-refractivity contribution >= 4 is 0 Å². The maximum absolute atomic E-state index is 2.55. The minimum Gasteiger partial charge on any atom is -0.303 e. The second-order valence-corrected chi connectivity index (χ2v) is 4.83. The van der Waals surface area contributed by atoms with E-state index in [4.69, 9.17) is 0 Å². The van der Waals surface area contributed by atoms with Crippen molar-refractivity contribution < 1.29 is 0 Å². The highest BCUT2D eigenvalue weighted by Crippen LogP contribution is 2.37. The Kier molecular flexibility index (Phi) is 2.40. The third-order valence-corrected chi connectivity index (χ3v) is 3.99. The van der Waals surface area contributed by atoms with E-state index in [1.54, 1.807) is 0 Å². The number of hydrogen-bond donors (Lipinski definition) is 0. The zero-order valence-electron chi connectivity index (χ0n) is 8.42. The van der Waals surface area contributed by atoms with Crippen LogP contribution in [0.5, 0.6) is 0 Å². The van der Waals surface area contributed by atoms with E-state index in [1.807, 2.05) is 0 Å². The Hall–Kier alpha value is -0.0400. The normalized spacial score (nSPS) is 44.0. The third-order valence-electron chi connectivity index (χ3n) is 3.99. The zero-order chi connectivity index (χ0) is 8.55. The van der Waals surface area contributed by atoms with E-state index in [0.29, 0.717) is 0 Å². The van der Waals surface area contributed by atoms with Crippen molar-refractivity contribution in [3.8, 4) is 0 Å². The first-order valence-electron chi connectivity index (χ1n) is 5.47. The molecule has 2 aliphatic rings. The minimum absolute atomic E-state index is 0.837. The number of piperidine rings is 1. The molecule has 2 rings (SSSR count). The van der Waals surface area contributed by atoms with Gasteiger partial charge in [-0.25, -0.2) is 0 Å². The van der Waals surface area contributed by atoms with Gasteiger partial charge in [-0.1, -0.05) is 19.3 Å². The van der Waals surface area contributed by atoms with Crippen molar-refractivity contribution in [1.82, 2.24) is 4.90 Å². The van der Waals surface area contributed by atoms with Crippen molar-refractivity contribution in [1.29, 1.82) is 0 Å². The number of rotatable bonds is 0. The molecule has 1 heteroatoms. The number of fused-ring (bicyclic) bond motifs is 1. The maximum atomic E-state index is 2.55. The first kappa shape index (κ1) is 8.55. The van der Waals surface area contributed by atoms with Crippen LogP contribution in [0.4, 0.5) is 0 Å². The van der Waals surface area contributed by atoms with Gasteiger partial charge in [0.05, 0.1) is 0 Å². The monoisotopic (exact) mass is 167 g/mol. The van der Waals surface area contributed by atoms with Crippen LogP contribution in [0.3, 0.4) is 0 Å². The van der Waals surface area contributed by atoms with Crippen LogP contribution < -0.4 is 0 Å². The van der Waals surface area contributed by atoms with Gasteiger partial charge in [-0.3, -0.25) is 0 Å². The second kappa shape index (κ2) is 3.37.